The van der Waals surface area contributed by atoms with Crippen LogP contribution in [-0.2, 0) is 25.7 Å². The van der Waals surface area contributed by atoms with Crippen LogP contribution >= 0.6 is 11.6 Å². The van der Waals surface area contributed by atoms with E-state index in [1.165, 1.54) is 4.90 Å². The first-order valence-electron chi connectivity index (χ1n) is 8.00. The second-order valence-corrected chi connectivity index (χ2v) is 6.00. The summed E-state index contributed by atoms with van der Waals surface area (Å²) < 4.78 is 4.99. The number of piperidine rings is 1. The molecule has 2 rings (SSSR count). The molecule has 1 aliphatic heterocycles. The van der Waals surface area contributed by atoms with Crippen molar-refractivity contribution in [1.82, 2.24) is 10.2 Å². The van der Waals surface area contributed by atoms with Gasteiger partial charge in [-0.05, 0) is 31.4 Å². The molecule has 2 amide bonds. The van der Waals surface area contributed by atoms with Crippen molar-refractivity contribution in [2.75, 3.05) is 19.7 Å². The summed E-state index contributed by atoms with van der Waals surface area (Å²) in [5.41, 5.74) is 0.751. The van der Waals surface area contributed by atoms with Gasteiger partial charge in [-0.15, -0.1) is 0 Å². The first-order chi connectivity index (χ1) is 11.5. The lowest BCUT2D eigenvalue weighted by molar-refractivity contribution is -0.152. The highest BCUT2D eigenvalue weighted by Gasteiger charge is 2.30. The second kappa shape index (κ2) is 8.68. The molecular formula is C17H21ClN2O4. The monoisotopic (exact) mass is 352 g/mol. The van der Waals surface area contributed by atoms with E-state index in [-0.39, 0.29) is 18.4 Å². The number of nitrogens with zero attached hydrogens (tertiary/aromatic N) is 1. The zero-order valence-corrected chi connectivity index (χ0v) is 14.3. The third-order valence-electron chi connectivity index (χ3n) is 3.99. The van der Waals surface area contributed by atoms with Crippen LogP contribution in [0.25, 0.3) is 0 Å². The molecule has 1 saturated heterocycles. The lowest BCUT2D eigenvalue weighted by Gasteiger charge is -2.30. The van der Waals surface area contributed by atoms with Crippen molar-refractivity contribution in [3.8, 4) is 0 Å². The average Bonchev–Trinajstić information content (AvgIpc) is 2.60. The number of ether oxygens (including phenoxy) is 1. The molecule has 0 bridgehead atoms. The number of likely N-dealkylation sites (tertiary alicyclic amines) is 1. The molecule has 1 aromatic carbocycles. The maximum Gasteiger partial charge on any atom is 0.311 e. The summed E-state index contributed by atoms with van der Waals surface area (Å²) in [5, 5.41) is 3.13. The smallest absolute Gasteiger partial charge is 0.311 e. The van der Waals surface area contributed by atoms with Crippen molar-refractivity contribution in [2.45, 2.75) is 26.3 Å². The van der Waals surface area contributed by atoms with Gasteiger partial charge in [0, 0.05) is 24.7 Å². The van der Waals surface area contributed by atoms with E-state index in [2.05, 4.69) is 5.32 Å². The van der Waals surface area contributed by atoms with E-state index in [9.17, 15) is 14.4 Å². The van der Waals surface area contributed by atoms with Crippen LogP contribution in [0.15, 0.2) is 24.3 Å². The molecule has 0 saturated carbocycles. The normalized spacial score (nSPS) is 15.0. The van der Waals surface area contributed by atoms with E-state index in [0.29, 0.717) is 37.6 Å². The summed E-state index contributed by atoms with van der Waals surface area (Å²) in [5.74, 6) is -1.66. The molecule has 0 unspecified atom stereocenters. The molecule has 24 heavy (non-hydrogen) atoms. The number of hydrogen-bond acceptors (Lipinski definition) is 4. The van der Waals surface area contributed by atoms with Gasteiger partial charge < -0.3 is 15.0 Å². The Labute approximate surface area is 146 Å². The quantitative estimate of drug-likeness (QED) is 0.661. The minimum Gasteiger partial charge on any atom is -0.466 e. The molecule has 0 aliphatic carbocycles. The van der Waals surface area contributed by atoms with Gasteiger partial charge in [-0.3, -0.25) is 14.4 Å². The van der Waals surface area contributed by atoms with Gasteiger partial charge in [0.05, 0.1) is 12.5 Å². The van der Waals surface area contributed by atoms with E-state index < -0.39 is 11.8 Å². The summed E-state index contributed by atoms with van der Waals surface area (Å²) >= 11 is 6.02. The maximum absolute atomic E-state index is 12.2. The van der Waals surface area contributed by atoms with Gasteiger partial charge in [0.2, 0.25) is 0 Å². The standard InChI is InChI=1S/C17H21ClN2O4/c1-2-24-17(23)12-7-9-20(10-8-12)16(22)15(21)19-11-13-5-3-4-6-14(13)18/h3-6,12H,2,7-11H2,1H3,(H,19,21). The van der Waals surface area contributed by atoms with Gasteiger partial charge in [-0.1, -0.05) is 29.8 Å². The molecule has 7 heteroatoms. The van der Waals surface area contributed by atoms with Crippen LogP contribution in [0.1, 0.15) is 25.3 Å². The van der Waals surface area contributed by atoms with E-state index in [1.807, 2.05) is 6.07 Å². The number of benzene rings is 1. The van der Waals surface area contributed by atoms with Gasteiger partial charge in [0.15, 0.2) is 0 Å². The molecular weight excluding hydrogens is 332 g/mol. The van der Waals surface area contributed by atoms with Crippen molar-refractivity contribution in [2.24, 2.45) is 5.92 Å². The lowest BCUT2D eigenvalue weighted by atomic mass is 9.97. The Morgan fingerprint density at radius 3 is 2.54 bits per heavy atom. The molecule has 1 N–H and O–H groups in total. The van der Waals surface area contributed by atoms with E-state index >= 15 is 0 Å². The highest BCUT2D eigenvalue weighted by molar-refractivity contribution is 6.35. The summed E-state index contributed by atoms with van der Waals surface area (Å²) in [6.07, 6.45) is 1.03. The topological polar surface area (TPSA) is 75.7 Å². The van der Waals surface area contributed by atoms with Crippen LogP contribution in [-0.4, -0.2) is 42.4 Å². The van der Waals surface area contributed by atoms with Gasteiger partial charge >= 0.3 is 17.8 Å². The number of halogens is 1. The number of amides is 2. The molecule has 0 aromatic heterocycles. The molecule has 130 valence electrons. The second-order valence-electron chi connectivity index (χ2n) is 5.59. The van der Waals surface area contributed by atoms with Crippen LogP contribution in [0.2, 0.25) is 5.02 Å². The Kier molecular flexibility index (Phi) is 6.61. The van der Waals surface area contributed by atoms with Crippen LogP contribution in [0.3, 0.4) is 0 Å². The van der Waals surface area contributed by atoms with E-state index in [0.717, 1.165) is 5.56 Å². The average molecular weight is 353 g/mol. The van der Waals surface area contributed by atoms with Crippen molar-refractivity contribution in [1.29, 1.82) is 0 Å². The number of nitrogens with one attached hydrogen (secondary N) is 1. The number of carbonyl (C=O) groups is 3. The SMILES string of the molecule is CCOC(=O)C1CCN(C(=O)C(=O)NCc2ccccc2Cl)CC1. The van der Waals surface area contributed by atoms with Gasteiger partial charge in [-0.2, -0.15) is 0 Å². The Balaban J connectivity index is 1.81. The summed E-state index contributed by atoms with van der Waals surface area (Å²) in [6.45, 7) is 3.06. The zero-order valence-electron chi connectivity index (χ0n) is 13.6. The summed E-state index contributed by atoms with van der Waals surface area (Å²) in [7, 11) is 0. The van der Waals surface area contributed by atoms with Gasteiger partial charge in [0.25, 0.3) is 0 Å². The van der Waals surface area contributed by atoms with Crippen LogP contribution in [0.5, 0.6) is 0 Å². The highest BCUT2D eigenvalue weighted by Crippen LogP contribution is 2.19. The van der Waals surface area contributed by atoms with Gasteiger partial charge in [-0.25, -0.2) is 0 Å². The molecule has 6 nitrogen and oxygen atoms in total. The largest absolute Gasteiger partial charge is 0.466 e. The molecule has 1 fully saturated rings. The van der Waals surface area contributed by atoms with Crippen molar-refractivity contribution in [3.63, 3.8) is 0 Å². The first kappa shape index (κ1) is 18.3. The fourth-order valence-electron chi connectivity index (χ4n) is 2.61. The third kappa shape index (κ3) is 4.71. The molecule has 0 spiro atoms. The predicted molar refractivity (Wildman–Crippen MR) is 89.2 cm³/mol. The highest BCUT2D eigenvalue weighted by atomic mass is 35.5. The maximum atomic E-state index is 12.2. The Morgan fingerprint density at radius 2 is 1.92 bits per heavy atom. The number of rotatable bonds is 4. The number of hydrogen-bond donors (Lipinski definition) is 1. The minimum atomic E-state index is -0.662. The molecule has 0 radical (unpaired) electrons. The van der Waals surface area contributed by atoms with Crippen molar-refractivity contribution < 1.29 is 19.1 Å². The van der Waals surface area contributed by atoms with Crippen LogP contribution < -0.4 is 5.32 Å². The summed E-state index contributed by atoms with van der Waals surface area (Å²) in [6, 6.07) is 7.13. The lowest BCUT2D eigenvalue weighted by Crippen LogP contribution is -2.47. The Morgan fingerprint density at radius 1 is 1.25 bits per heavy atom. The summed E-state index contributed by atoms with van der Waals surface area (Å²) in [4.78, 5) is 37.3. The van der Waals surface area contributed by atoms with Crippen molar-refractivity contribution >= 4 is 29.4 Å². The number of carbonyl (C=O) groups excluding carboxylic acids is 3. The van der Waals surface area contributed by atoms with E-state index in [1.54, 1.807) is 25.1 Å². The Hall–Kier alpha value is -2.08. The minimum absolute atomic E-state index is 0.194. The number of esters is 1. The first-order valence-corrected chi connectivity index (χ1v) is 8.37. The van der Waals surface area contributed by atoms with Crippen LogP contribution in [0, 0.1) is 5.92 Å². The molecule has 0 atom stereocenters. The Bertz CT molecular complexity index is 612. The van der Waals surface area contributed by atoms with Crippen LogP contribution in [0.4, 0.5) is 0 Å². The molecule has 1 heterocycles. The third-order valence-corrected chi connectivity index (χ3v) is 4.36. The zero-order chi connectivity index (χ0) is 17.5. The fourth-order valence-corrected chi connectivity index (χ4v) is 2.82. The fraction of sp³-hybridized carbons (Fsp3) is 0.471. The van der Waals surface area contributed by atoms with E-state index in [4.69, 9.17) is 16.3 Å². The van der Waals surface area contributed by atoms with Crippen molar-refractivity contribution in [3.05, 3.63) is 34.9 Å². The molecule has 1 aliphatic rings. The van der Waals surface area contributed by atoms with Gasteiger partial charge in [0.1, 0.15) is 0 Å². The molecule has 1 aromatic rings. The predicted octanol–water partition coefficient (Wildman–Crippen LogP) is 1.76.